The predicted molar refractivity (Wildman–Crippen MR) is 76.1 cm³/mol. The highest BCUT2D eigenvalue weighted by Gasteiger charge is 2.03. The quantitative estimate of drug-likeness (QED) is 0.619. The highest BCUT2D eigenvalue weighted by Crippen LogP contribution is 2.17. The lowest BCUT2D eigenvalue weighted by Gasteiger charge is -2.19. The number of nitrogens with two attached hydrogens (primary N) is 1. The second kappa shape index (κ2) is 7.58. The summed E-state index contributed by atoms with van der Waals surface area (Å²) in [6, 6.07) is 8.00. The summed E-state index contributed by atoms with van der Waals surface area (Å²) in [6.45, 7) is 6.61. The van der Waals surface area contributed by atoms with Crippen LogP contribution in [0.5, 0.6) is 5.75 Å². The third kappa shape index (κ3) is 3.95. The van der Waals surface area contributed by atoms with E-state index in [0.29, 0.717) is 12.5 Å². The number of aliphatic imine (C=N–C) groups is 1. The van der Waals surface area contributed by atoms with E-state index >= 15 is 0 Å². The Morgan fingerprint density at radius 3 is 2.56 bits per heavy atom. The van der Waals surface area contributed by atoms with Crippen LogP contribution in [0.3, 0.4) is 0 Å². The van der Waals surface area contributed by atoms with Gasteiger partial charge in [-0.15, -0.1) is 0 Å². The molecule has 0 heterocycles. The largest absolute Gasteiger partial charge is 0.496 e. The first-order valence-corrected chi connectivity index (χ1v) is 6.39. The van der Waals surface area contributed by atoms with Crippen molar-refractivity contribution in [3.63, 3.8) is 0 Å². The van der Waals surface area contributed by atoms with Gasteiger partial charge >= 0.3 is 0 Å². The highest BCUT2D eigenvalue weighted by atomic mass is 16.5. The normalized spacial score (nSPS) is 11.4. The van der Waals surface area contributed by atoms with E-state index in [2.05, 4.69) is 24.9 Å². The van der Waals surface area contributed by atoms with E-state index in [1.807, 2.05) is 23.1 Å². The van der Waals surface area contributed by atoms with Gasteiger partial charge in [0, 0.05) is 19.6 Å². The minimum absolute atomic E-state index is 0.620. The number of benzene rings is 1. The Morgan fingerprint density at radius 1 is 1.28 bits per heavy atom. The zero-order valence-corrected chi connectivity index (χ0v) is 11.5. The summed E-state index contributed by atoms with van der Waals surface area (Å²) in [4.78, 5) is 6.45. The third-order valence-corrected chi connectivity index (χ3v) is 2.93. The fourth-order valence-corrected chi connectivity index (χ4v) is 1.85. The molecule has 0 spiro atoms. The van der Waals surface area contributed by atoms with Crippen LogP contribution in [0.25, 0.3) is 0 Å². The van der Waals surface area contributed by atoms with E-state index in [9.17, 15) is 0 Å². The molecule has 0 unspecified atom stereocenters. The lowest BCUT2D eigenvalue weighted by atomic mass is 10.1. The van der Waals surface area contributed by atoms with E-state index < -0.39 is 0 Å². The van der Waals surface area contributed by atoms with Crippen LogP contribution in [0.15, 0.2) is 29.3 Å². The van der Waals surface area contributed by atoms with Crippen LogP contribution in [0, 0.1) is 0 Å². The fourth-order valence-electron chi connectivity index (χ4n) is 1.85. The third-order valence-electron chi connectivity index (χ3n) is 2.93. The number of rotatable bonds is 6. The molecule has 0 saturated heterocycles. The standard InChI is InChI=1S/C14H23N3O/c1-4-17(5-2)14(15)16-11-10-12-8-6-7-9-13(12)18-3/h6-9H,4-5,10-11H2,1-3H3,(H2,15,16). The maximum absolute atomic E-state index is 5.92. The number of hydrogen-bond acceptors (Lipinski definition) is 2. The molecule has 0 amide bonds. The molecule has 0 aliphatic carbocycles. The molecule has 0 aliphatic rings. The molecule has 2 N–H and O–H groups in total. The second-order valence-electron chi connectivity index (χ2n) is 3.97. The summed E-state index contributed by atoms with van der Waals surface area (Å²) in [7, 11) is 1.69. The number of ether oxygens (including phenoxy) is 1. The molecule has 1 aromatic rings. The summed E-state index contributed by atoms with van der Waals surface area (Å²) in [6.07, 6.45) is 0.839. The molecule has 0 aromatic heterocycles. The summed E-state index contributed by atoms with van der Waals surface area (Å²) in [5, 5.41) is 0. The maximum Gasteiger partial charge on any atom is 0.191 e. The maximum atomic E-state index is 5.92. The van der Waals surface area contributed by atoms with Gasteiger partial charge in [0.1, 0.15) is 5.75 Å². The Bertz CT molecular complexity index is 386. The Hall–Kier alpha value is -1.71. The lowest BCUT2D eigenvalue weighted by molar-refractivity contribution is 0.409. The summed E-state index contributed by atoms with van der Waals surface area (Å²) < 4.78 is 5.30. The van der Waals surface area contributed by atoms with Crippen molar-refractivity contribution in [2.24, 2.45) is 10.7 Å². The monoisotopic (exact) mass is 249 g/mol. The van der Waals surface area contributed by atoms with Gasteiger partial charge in [0.25, 0.3) is 0 Å². The van der Waals surface area contributed by atoms with Crippen molar-refractivity contribution in [1.29, 1.82) is 0 Å². The molecule has 0 saturated carbocycles. The minimum Gasteiger partial charge on any atom is -0.496 e. The van der Waals surface area contributed by atoms with Gasteiger partial charge in [0.05, 0.1) is 7.11 Å². The van der Waals surface area contributed by atoms with Gasteiger partial charge in [-0.2, -0.15) is 0 Å². The molecule has 0 fully saturated rings. The molecule has 4 heteroatoms. The van der Waals surface area contributed by atoms with Crippen molar-refractivity contribution >= 4 is 5.96 Å². The van der Waals surface area contributed by atoms with Gasteiger partial charge in [-0.3, -0.25) is 4.99 Å². The molecule has 18 heavy (non-hydrogen) atoms. The van der Waals surface area contributed by atoms with Crippen LogP contribution >= 0.6 is 0 Å². The predicted octanol–water partition coefficient (Wildman–Crippen LogP) is 1.89. The van der Waals surface area contributed by atoms with Crippen LogP contribution in [0.1, 0.15) is 19.4 Å². The Morgan fingerprint density at radius 2 is 1.94 bits per heavy atom. The van der Waals surface area contributed by atoms with Crippen LogP contribution in [-0.4, -0.2) is 37.6 Å². The van der Waals surface area contributed by atoms with Crippen molar-refractivity contribution in [3.05, 3.63) is 29.8 Å². The van der Waals surface area contributed by atoms with Crippen LogP contribution in [-0.2, 0) is 6.42 Å². The van der Waals surface area contributed by atoms with Crippen molar-refractivity contribution in [1.82, 2.24) is 4.90 Å². The van der Waals surface area contributed by atoms with Gasteiger partial charge < -0.3 is 15.4 Å². The zero-order valence-electron chi connectivity index (χ0n) is 11.5. The lowest BCUT2D eigenvalue weighted by Crippen LogP contribution is -2.37. The molecule has 1 rings (SSSR count). The fraction of sp³-hybridized carbons (Fsp3) is 0.500. The van der Waals surface area contributed by atoms with Crippen molar-refractivity contribution in [2.45, 2.75) is 20.3 Å². The molecular weight excluding hydrogens is 226 g/mol. The zero-order chi connectivity index (χ0) is 13.4. The first-order chi connectivity index (χ1) is 8.72. The van der Waals surface area contributed by atoms with Crippen LogP contribution in [0.2, 0.25) is 0 Å². The number of hydrogen-bond donors (Lipinski definition) is 1. The molecule has 0 atom stereocenters. The SMILES string of the molecule is CCN(CC)C(N)=NCCc1ccccc1OC. The molecule has 0 aliphatic heterocycles. The van der Waals surface area contributed by atoms with Gasteiger partial charge in [0.15, 0.2) is 5.96 Å². The van der Waals surface area contributed by atoms with Gasteiger partial charge in [0.2, 0.25) is 0 Å². The van der Waals surface area contributed by atoms with Crippen molar-refractivity contribution < 1.29 is 4.74 Å². The summed E-state index contributed by atoms with van der Waals surface area (Å²) in [5.41, 5.74) is 7.08. The van der Waals surface area contributed by atoms with Gasteiger partial charge in [-0.1, -0.05) is 18.2 Å². The average Bonchev–Trinajstić information content (AvgIpc) is 2.40. The Kier molecular flexibility index (Phi) is 6.05. The topological polar surface area (TPSA) is 50.8 Å². The molecule has 4 nitrogen and oxygen atoms in total. The molecular formula is C14H23N3O. The first kappa shape index (κ1) is 14.4. The summed E-state index contributed by atoms with van der Waals surface area (Å²) >= 11 is 0. The van der Waals surface area contributed by atoms with E-state index in [4.69, 9.17) is 10.5 Å². The Labute approximate surface area is 109 Å². The van der Waals surface area contributed by atoms with Gasteiger partial charge in [-0.25, -0.2) is 0 Å². The van der Waals surface area contributed by atoms with E-state index in [1.165, 1.54) is 0 Å². The molecule has 0 radical (unpaired) electrons. The average molecular weight is 249 g/mol. The first-order valence-electron chi connectivity index (χ1n) is 6.39. The van der Waals surface area contributed by atoms with Crippen LogP contribution in [0.4, 0.5) is 0 Å². The molecule has 1 aromatic carbocycles. The number of guanidine groups is 1. The molecule has 100 valence electrons. The minimum atomic E-state index is 0.620. The van der Waals surface area contributed by atoms with Crippen molar-refractivity contribution in [2.75, 3.05) is 26.7 Å². The Balaban J connectivity index is 2.57. The smallest absolute Gasteiger partial charge is 0.191 e. The number of nitrogens with zero attached hydrogens (tertiary/aromatic N) is 2. The number of para-hydroxylation sites is 1. The summed E-state index contributed by atoms with van der Waals surface area (Å²) in [5.74, 6) is 1.53. The second-order valence-corrected chi connectivity index (χ2v) is 3.97. The van der Waals surface area contributed by atoms with Crippen LogP contribution < -0.4 is 10.5 Å². The highest BCUT2D eigenvalue weighted by molar-refractivity contribution is 5.78. The molecule has 0 bridgehead atoms. The van der Waals surface area contributed by atoms with E-state index in [1.54, 1.807) is 7.11 Å². The van der Waals surface area contributed by atoms with E-state index in [0.717, 1.165) is 30.8 Å². The van der Waals surface area contributed by atoms with Crippen molar-refractivity contribution in [3.8, 4) is 5.75 Å². The van der Waals surface area contributed by atoms with Gasteiger partial charge in [-0.05, 0) is 31.9 Å². The number of methoxy groups -OCH3 is 1. The van der Waals surface area contributed by atoms with E-state index in [-0.39, 0.29) is 0 Å².